The maximum Gasteiger partial charge on any atom is 0.315 e. The summed E-state index contributed by atoms with van der Waals surface area (Å²) >= 11 is 0. The van der Waals surface area contributed by atoms with Crippen LogP contribution in [-0.2, 0) is 17.9 Å². The van der Waals surface area contributed by atoms with Crippen LogP contribution >= 0.6 is 0 Å². The number of aliphatic hydroxyl groups is 1. The molecule has 126 valence electrons. The number of carbonyl (C=O) groups excluding carboxylic acids is 1. The molecule has 0 radical (unpaired) electrons. The van der Waals surface area contributed by atoms with Gasteiger partial charge in [-0.15, -0.1) is 0 Å². The first kappa shape index (κ1) is 16.3. The molecule has 0 aliphatic heterocycles. The second kappa shape index (κ2) is 7.32. The Morgan fingerprint density at radius 3 is 2.87 bits per heavy atom. The first-order valence-corrected chi connectivity index (χ1v) is 8.43. The van der Waals surface area contributed by atoms with E-state index in [0.717, 1.165) is 17.5 Å². The first-order chi connectivity index (χ1) is 11.2. The van der Waals surface area contributed by atoms with Crippen molar-refractivity contribution in [3.8, 4) is 0 Å². The summed E-state index contributed by atoms with van der Waals surface area (Å²) in [5.41, 5.74) is 2.15. The largest absolute Gasteiger partial charge is 0.396 e. The molecule has 2 aliphatic carbocycles. The van der Waals surface area contributed by atoms with Gasteiger partial charge in [-0.3, -0.25) is 0 Å². The number of nitrogens with one attached hydrogen (secondary N) is 2. The highest BCUT2D eigenvalue weighted by Gasteiger charge is 2.47. The van der Waals surface area contributed by atoms with E-state index in [1.54, 1.807) is 7.11 Å². The van der Waals surface area contributed by atoms with Gasteiger partial charge < -0.3 is 20.5 Å². The van der Waals surface area contributed by atoms with Gasteiger partial charge >= 0.3 is 6.03 Å². The molecule has 5 heteroatoms. The Hall–Kier alpha value is -1.59. The predicted octanol–water partition coefficient (Wildman–Crippen LogP) is 2.04. The van der Waals surface area contributed by atoms with Gasteiger partial charge in [0.2, 0.25) is 0 Å². The first-order valence-electron chi connectivity index (χ1n) is 8.43. The van der Waals surface area contributed by atoms with Crippen molar-refractivity contribution in [1.82, 2.24) is 10.6 Å². The highest BCUT2D eigenvalue weighted by atomic mass is 16.5. The van der Waals surface area contributed by atoms with Crippen LogP contribution in [0.4, 0.5) is 4.79 Å². The van der Waals surface area contributed by atoms with Gasteiger partial charge in [-0.1, -0.05) is 24.3 Å². The van der Waals surface area contributed by atoms with Gasteiger partial charge in [0.25, 0.3) is 0 Å². The van der Waals surface area contributed by atoms with Crippen LogP contribution in [0.25, 0.3) is 0 Å². The van der Waals surface area contributed by atoms with E-state index < -0.39 is 0 Å². The normalized spacial score (nSPS) is 28.8. The fourth-order valence-electron chi connectivity index (χ4n) is 4.28. The third-order valence-corrected chi connectivity index (χ3v) is 5.35. The average molecular weight is 318 g/mol. The van der Waals surface area contributed by atoms with E-state index in [1.165, 1.54) is 12.8 Å². The molecule has 0 spiro atoms. The Bertz CT molecular complexity index is 549. The van der Waals surface area contributed by atoms with Gasteiger partial charge in [0.1, 0.15) is 0 Å². The second-order valence-corrected chi connectivity index (χ2v) is 6.79. The van der Waals surface area contributed by atoms with Gasteiger partial charge in [0, 0.05) is 32.2 Å². The molecule has 0 heterocycles. The summed E-state index contributed by atoms with van der Waals surface area (Å²) < 4.78 is 5.13. The quantitative estimate of drug-likeness (QED) is 0.752. The van der Waals surface area contributed by atoms with Gasteiger partial charge in [0.05, 0.1) is 6.61 Å². The molecule has 0 saturated heterocycles. The lowest BCUT2D eigenvalue weighted by molar-refractivity contribution is 0.144. The van der Waals surface area contributed by atoms with Gasteiger partial charge in [-0.25, -0.2) is 4.79 Å². The van der Waals surface area contributed by atoms with Gasteiger partial charge in [0.15, 0.2) is 0 Å². The maximum atomic E-state index is 12.2. The van der Waals surface area contributed by atoms with Crippen molar-refractivity contribution < 1.29 is 14.6 Å². The fraction of sp³-hybridized carbons (Fsp3) is 0.611. The zero-order valence-corrected chi connectivity index (χ0v) is 13.6. The number of rotatable bonds is 6. The molecule has 1 aromatic carbocycles. The van der Waals surface area contributed by atoms with Crippen molar-refractivity contribution in [3.05, 3.63) is 35.4 Å². The van der Waals surface area contributed by atoms with Crippen LogP contribution in [-0.4, -0.2) is 30.9 Å². The Morgan fingerprint density at radius 1 is 1.30 bits per heavy atom. The van der Waals surface area contributed by atoms with Gasteiger partial charge in [-0.05, 0) is 42.2 Å². The number of aliphatic hydroxyl groups excluding tert-OH is 1. The number of amides is 2. The van der Waals surface area contributed by atoms with Crippen LogP contribution in [0.5, 0.6) is 0 Å². The summed E-state index contributed by atoms with van der Waals surface area (Å²) in [6, 6.07) is 8.00. The minimum atomic E-state index is -0.141. The molecule has 4 unspecified atom stereocenters. The Labute approximate surface area is 137 Å². The van der Waals surface area contributed by atoms with Crippen LogP contribution in [0.1, 0.15) is 30.4 Å². The van der Waals surface area contributed by atoms with Crippen LogP contribution in [0, 0.1) is 17.8 Å². The van der Waals surface area contributed by atoms with Crippen LogP contribution in [0.2, 0.25) is 0 Å². The van der Waals surface area contributed by atoms with Crippen molar-refractivity contribution in [2.45, 2.75) is 38.5 Å². The number of carbonyl (C=O) groups is 1. The summed E-state index contributed by atoms with van der Waals surface area (Å²) in [4.78, 5) is 12.2. The summed E-state index contributed by atoms with van der Waals surface area (Å²) in [5.74, 6) is 1.35. The van der Waals surface area contributed by atoms with Crippen molar-refractivity contribution in [2.24, 2.45) is 17.8 Å². The molecule has 1 aromatic rings. The predicted molar refractivity (Wildman–Crippen MR) is 87.7 cm³/mol. The van der Waals surface area contributed by atoms with Crippen LogP contribution < -0.4 is 10.6 Å². The van der Waals surface area contributed by atoms with E-state index in [9.17, 15) is 9.90 Å². The van der Waals surface area contributed by atoms with Crippen molar-refractivity contribution >= 4 is 6.03 Å². The van der Waals surface area contributed by atoms with E-state index in [2.05, 4.69) is 10.6 Å². The Kier molecular flexibility index (Phi) is 5.18. The number of hydrogen-bond acceptors (Lipinski definition) is 3. The standard InChI is InChI=1S/C18H26N2O3/c1-23-11-13-4-2-3-12(7-13)9-19-18(22)20-17-15-6-5-14(8-15)16(17)10-21/h2-4,7,14-17,21H,5-6,8-11H2,1H3,(H2,19,20,22). The minimum absolute atomic E-state index is 0.124. The van der Waals surface area contributed by atoms with Gasteiger partial charge in [-0.2, -0.15) is 0 Å². The third kappa shape index (κ3) is 3.67. The SMILES string of the molecule is COCc1cccc(CNC(=O)NC2C3CCC(C3)C2CO)c1. The number of methoxy groups -OCH3 is 1. The molecule has 2 amide bonds. The highest BCUT2D eigenvalue weighted by molar-refractivity contribution is 5.74. The molecule has 3 rings (SSSR count). The Morgan fingerprint density at radius 2 is 2.09 bits per heavy atom. The molecule has 5 nitrogen and oxygen atoms in total. The van der Waals surface area contributed by atoms with E-state index in [-0.39, 0.29) is 24.6 Å². The summed E-state index contributed by atoms with van der Waals surface area (Å²) in [5, 5.41) is 15.6. The smallest absolute Gasteiger partial charge is 0.315 e. The molecule has 4 atom stereocenters. The van der Waals surface area contributed by atoms with E-state index >= 15 is 0 Å². The molecular weight excluding hydrogens is 292 g/mol. The van der Waals surface area contributed by atoms with Crippen LogP contribution in [0.3, 0.4) is 0 Å². The minimum Gasteiger partial charge on any atom is -0.396 e. The summed E-state index contributed by atoms with van der Waals surface area (Å²) in [7, 11) is 1.67. The topological polar surface area (TPSA) is 70.6 Å². The van der Waals surface area contributed by atoms with E-state index in [0.29, 0.717) is 25.0 Å². The van der Waals surface area contributed by atoms with Crippen molar-refractivity contribution in [3.63, 3.8) is 0 Å². The molecule has 3 N–H and O–H groups in total. The zero-order chi connectivity index (χ0) is 16.2. The molecule has 2 aliphatic rings. The van der Waals surface area contributed by atoms with Crippen LogP contribution in [0.15, 0.2) is 24.3 Å². The zero-order valence-electron chi connectivity index (χ0n) is 13.6. The lowest BCUT2D eigenvalue weighted by atomic mass is 9.85. The number of fused-ring (bicyclic) bond motifs is 2. The molecular formula is C18H26N2O3. The highest BCUT2D eigenvalue weighted by Crippen LogP contribution is 2.48. The second-order valence-electron chi connectivity index (χ2n) is 6.79. The van der Waals surface area contributed by atoms with Crippen molar-refractivity contribution in [2.75, 3.05) is 13.7 Å². The third-order valence-electron chi connectivity index (χ3n) is 5.35. The van der Waals surface area contributed by atoms with E-state index in [1.807, 2.05) is 24.3 Å². The average Bonchev–Trinajstić information content (AvgIpc) is 3.15. The maximum absolute atomic E-state index is 12.2. The molecule has 2 fully saturated rings. The monoisotopic (exact) mass is 318 g/mol. The molecule has 2 bridgehead atoms. The van der Waals surface area contributed by atoms with Crippen molar-refractivity contribution in [1.29, 1.82) is 0 Å². The summed E-state index contributed by atoms with van der Waals surface area (Å²) in [6.45, 7) is 1.24. The summed E-state index contributed by atoms with van der Waals surface area (Å²) in [6.07, 6.45) is 3.52. The molecule has 0 aromatic heterocycles. The number of hydrogen-bond donors (Lipinski definition) is 3. The molecule has 23 heavy (non-hydrogen) atoms. The lowest BCUT2D eigenvalue weighted by Crippen LogP contribution is -2.48. The lowest BCUT2D eigenvalue weighted by Gasteiger charge is -2.30. The molecule has 2 saturated carbocycles. The number of benzene rings is 1. The fourth-order valence-corrected chi connectivity index (χ4v) is 4.28. The number of urea groups is 1. The van der Waals surface area contributed by atoms with E-state index in [4.69, 9.17) is 4.74 Å². The Balaban J connectivity index is 1.51. The number of ether oxygens (including phenoxy) is 1.